The lowest BCUT2D eigenvalue weighted by Crippen LogP contribution is -2.24. The fourth-order valence-electron chi connectivity index (χ4n) is 2.78. The number of nitrogens with one attached hydrogen (secondary N) is 1. The van der Waals surface area contributed by atoms with Crippen LogP contribution in [0.4, 0.5) is 10.1 Å². The van der Waals surface area contributed by atoms with E-state index in [2.05, 4.69) is 10.4 Å². The van der Waals surface area contributed by atoms with E-state index < -0.39 is 17.5 Å². The Kier molecular flexibility index (Phi) is 5.25. The first kappa shape index (κ1) is 19.3. The van der Waals surface area contributed by atoms with Crippen LogP contribution in [0.3, 0.4) is 0 Å². The minimum absolute atomic E-state index is 0.167. The standard InChI is InChI=1S/C20H14ClFN4O2/c1-11-18(19(27)20(28)24-15-6-4-14(22)5-7-15)12(2)26(25-11)16-8-3-13(10-23)17(21)9-16/h3-9H,1-2H3,(H,24,28). The summed E-state index contributed by atoms with van der Waals surface area (Å²) in [5.74, 6) is -2.06. The highest BCUT2D eigenvalue weighted by Crippen LogP contribution is 2.23. The van der Waals surface area contributed by atoms with Crippen molar-refractivity contribution < 1.29 is 14.0 Å². The van der Waals surface area contributed by atoms with Gasteiger partial charge in [0.1, 0.15) is 11.9 Å². The van der Waals surface area contributed by atoms with Crippen LogP contribution in [0.25, 0.3) is 5.69 Å². The predicted octanol–water partition coefficient (Wildman–Crippen LogP) is 3.97. The molecule has 0 atom stereocenters. The van der Waals surface area contributed by atoms with Gasteiger partial charge < -0.3 is 5.32 Å². The fourth-order valence-corrected chi connectivity index (χ4v) is 3.00. The van der Waals surface area contributed by atoms with Crippen LogP contribution in [0.15, 0.2) is 42.5 Å². The molecule has 0 bridgehead atoms. The van der Waals surface area contributed by atoms with Crippen molar-refractivity contribution in [1.29, 1.82) is 5.26 Å². The van der Waals surface area contributed by atoms with E-state index in [0.717, 1.165) is 0 Å². The van der Waals surface area contributed by atoms with Gasteiger partial charge in [0.05, 0.1) is 33.2 Å². The van der Waals surface area contributed by atoms with E-state index in [1.165, 1.54) is 28.9 Å². The van der Waals surface area contributed by atoms with Crippen molar-refractivity contribution in [3.05, 3.63) is 75.8 Å². The largest absolute Gasteiger partial charge is 0.319 e. The molecule has 0 aliphatic heterocycles. The van der Waals surface area contributed by atoms with E-state index in [9.17, 15) is 14.0 Å². The second kappa shape index (κ2) is 7.62. The van der Waals surface area contributed by atoms with Crippen LogP contribution in [0.5, 0.6) is 0 Å². The minimum Gasteiger partial charge on any atom is -0.319 e. The fraction of sp³-hybridized carbons (Fsp3) is 0.100. The summed E-state index contributed by atoms with van der Waals surface area (Å²) < 4.78 is 14.5. The molecule has 0 unspecified atom stereocenters. The van der Waals surface area contributed by atoms with E-state index in [-0.39, 0.29) is 10.6 Å². The number of halogens is 2. The number of aromatic nitrogens is 2. The number of hydrogen-bond donors (Lipinski definition) is 1. The Bertz CT molecular complexity index is 1130. The van der Waals surface area contributed by atoms with Crippen LogP contribution in [0.2, 0.25) is 5.02 Å². The quantitative estimate of drug-likeness (QED) is 0.533. The number of carbonyl (C=O) groups excluding carboxylic acids is 2. The summed E-state index contributed by atoms with van der Waals surface area (Å²) in [6, 6.07) is 11.8. The number of amides is 1. The van der Waals surface area contributed by atoms with E-state index in [1.807, 2.05) is 6.07 Å². The highest BCUT2D eigenvalue weighted by atomic mass is 35.5. The molecule has 1 amide bonds. The average molecular weight is 397 g/mol. The number of aryl methyl sites for hydroxylation is 1. The first-order chi connectivity index (χ1) is 13.3. The first-order valence-corrected chi connectivity index (χ1v) is 8.57. The maximum Gasteiger partial charge on any atom is 0.296 e. The summed E-state index contributed by atoms with van der Waals surface area (Å²) in [7, 11) is 0. The van der Waals surface area contributed by atoms with Gasteiger partial charge in [0, 0.05) is 5.69 Å². The monoisotopic (exact) mass is 396 g/mol. The van der Waals surface area contributed by atoms with E-state index >= 15 is 0 Å². The maximum atomic E-state index is 13.0. The third-order valence-electron chi connectivity index (χ3n) is 4.14. The van der Waals surface area contributed by atoms with Crippen molar-refractivity contribution in [2.75, 3.05) is 5.32 Å². The predicted molar refractivity (Wildman–Crippen MR) is 102 cm³/mol. The van der Waals surface area contributed by atoms with Gasteiger partial charge in [-0.05, 0) is 56.3 Å². The zero-order valence-electron chi connectivity index (χ0n) is 15.0. The van der Waals surface area contributed by atoms with Crippen molar-refractivity contribution >= 4 is 29.0 Å². The van der Waals surface area contributed by atoms with Crippen LogP contribution >= 0.6 is 11.6 Å². The number of ketones is 1. The van der Waals surface area contributed by atoms with Crippen LogP contribution in [-0.4, -0.2) is 21.5 Å². The van der Waals surface area contributed by atoms with Crippen molar-refractivity contribution in [3.8, 4) is 11.8 Å². The van der Waals surface area contributed by atoms with Crippen LogP contribution in [0, 0.1) is 31.0 Å². The van der Waals surface area contributed by atoms with Gasteiger partial charge in [-0.2, -0.15) is 10.4 Å². The third kappa shape index (κ3) is 3.63. The summed E-state index contributed by atoms with van der Waals surface area (Å²) in [6.07, 6.45) is 0. The summed E-state index contributed by atoms with van der Waals surface area (Å²) in [5.41, 5.74) is 2.18. The number of rotatable bonds is 4. The van der Waals surface area contributed by atoms with Gasteiger partial charge in [0.2, 0.25) is 0 Å². The summed E-state index contributed by atoms with van der Waals surface area (Å²) in [4.78, 5) is 25.0. The Hall–Kier alpha value is -3.50. The van der Waals surface area contributed by atoms with Crippen molar-refractivity contribution in [2.45, 2.75) is 13.8 Å². The summed E-state index contributed by atoms with van der Waals surface area (Å²) in [6.45, 7) is 3.28. The minimum atomic E-state index is -0.852. The Morgan fingerprint density at radius 2 is 1.86 bits per heavy atom. The second-order valence-electron chi connectivity index (χ2n) is 6.02. The molecule has 28 heavy (non-hydrogen) atoms. The molecule has 1 aromatic heterocycles. The molecule has 0 saturated heterocycles. The van der Waals surface area contributed by atoms with Gasteiger partial charge in [0.15, 0.2) is 0 Å². The average Bonchev–Trinajstić information content (AvgIpc) is 2.97. The number of nitrogens with zero attached hydrogens (tertiary/aromatic N) is 3. The molecule has 0 saturated carbocycles. The molecule has 1 heterocycles. The number of benzene rings is 2. The summed E-state index contributed by atoms with van der Waals surface area (Å²) in [5, 5.41) is 16.0. The molecule has 0 fully saturated rings. The van der Waals surface area contributed by atoms with Crippen molar-refractivity contribution in [3.63, 3.8) is 0 Å². The van der Waals surface area contributed by atoms with Gasteiger partial charge in [-0.25, -0.2) is 9.07 Å². The van der Waals surface area contributed by atoms with E-state index in [4.69, 9.17) is 16.9 Å². The number of nitriles is 1. The smallest absolute Gasteiger partial charge is 0.296 e. The SMILES string of the molecule is Cc1nn(-c2ccc(C#N)c(Cl)c2)c(C)c1C(=O)C(=O)Nc1ccc(F)cc1. The molecule has 0 aliphatic rings. The Balaban J connectivity index is 1.91. The third-order valence-corrected chi connectivity index (χ3v) is 4.46. The molecule has 1 N–H and O–H groups in total. The first-order valence-electron chi connectivity index (χ1n) is 8.19. The van der Waals surface area contributed by atoms with E-state index in [0.29, 0.717) is 28.3 Å². The maximum absolute atomic E-state index is 13.0. The highest BCUT2D eigenvalue weighted by Gasteiger charge is 2.25. The van der Waals surface area contributed by atoms with Gasteiger partial charge in [0.25, 0.3) is 11.7 Å². The van der Waals surface area contributed by atoms with Gasteiger partial charge in [-0.3, -0.25) is 9.59 Å². The normalized spacial score (nSPS) is 10.4. The zero-order chi connectivity index (χ0) is 20.4. The summed E-state index contributed by atoms with van der Waals surface area (Å²) >= 11 is 6.07. The number of Topliss-reactive ketones (excluding diaryl/α,β-unsaturated/α-hetero) is 1. The number of hydrogen-bond acceptors (Lipinski definition) is 4. The molecule has 6 nitrogen and oxygen atoms in total. The number of anilines is 1. The lowest BCUT2D eigenvalue weighted by atomic mass is 10.1. The molecule has 0 aliphatic carbocycles. The lowest BCUT2D eigenvalue weighted by Gasteiger charge is -2.07. The molecule has 3 rings (SSSR count). The van der Waals surface area contributed by atoms with Gasteiger partial charge in [-0.1, -0.05) is 11.6 Å². The molecule has 140 valence electrons. The molecular formula is C20H14ClFN4O2. The van der Waals surface area contributed by atoms with Gasteiger partial charge >= 0.3 is 0 Å². The Morgan fingerprint density at radius 1 is 1.18 bits per heavy atom. The second-order valence-corrected chi connectivity index (χ2v) is 6.43. The lowest BCUT2D eigenvalue weighted by molar-refractivity contribution is -0.112. The van der Waals surface area contributed by atoms with Crippen molar-refractivity contribution in [1.82, 2.24) is 9.78 Å². The Labute approximate surface area is 165 Å². The van der Waals surface area contributed by atoms with Crippen molar-refractivity contribution in [2.24, 2.45) is 0 Å². The molecule has 0 radical (unpaired) electrons. The highest BCUT2D eigenvalue weighted by molar-refractivity contribution is 6.47. The molecule has 3 aromatic rings. The molecule has 8 heteroatoms. The number of carbonyl (C=O) groups is 2. The Morgan fingerprint density at radius 3 is 2.46 bits per heavy atom. The van der Waals surface area contributed by atoms with Gasteiger partial charge in [-0.15, -0.1) is 0 Å². The van der Waals surface area contributed by atoms with Crippen LogP contribution < -0.4 is 5.32 Å². The topological polar surface area (TPSA) is 87.8 Å². The zero-order valence-corrected chi connectivity index (χ0v) is 15.7. The molecule has 0 spiro atoms. The van der Waals surface area contributed by atoms with E-state index in [1.54, 1.807) is 32.0 Å². The van der Waals surface area contributed by atoms with Crippen LogP contribution in [-0.2, 0) is 4.79 Å². The molecular weight excluding hydrogens is 383 g/mol. The van der Waals surface area contributed by atoms with Crippen LogP contribution in [0.1, 0.15) is 27.3 Å². The molecule has 2 aromatic carbocycles.